The Balaban J connectivity index is 0.000000967. The Morgan fingerprint density at radius 3 is 2.47 bits per heavy atom. The van der Waals surface area contributed by atoms with Gasteiger partial charge in [0.2, 0.25) is 10.0 Å². The van der Waals surface area contributed by atoms with Crippen molar-refractivity contribution in [3.05, 3.63) is 46.9 Å². The van der Waals surface area contributed by atoms with Crippen LogP contribution in [0, 0.1) is 17.2 Å². The first kappa shape index (κ1) is 25.7. The van der Waals surface area contributed by atoms with E-state index in [1.54, 1.807) is 23.0 Å². The number of halogens is 3. The van der Waals surface area contributed by atoms with Gasteiger partial charge < -0.3 is 10.3 Å². The van der Waals surface area contributed by atoms with Crippen LogP contribution in [0.15, 0.2) is 46.2 Å². The molecule has 192 valence electrons. The van der Waals surface area contributed by atoms with Crippen molar-refractivity contribution < 1.29 is 21.6 Å². The SMILES string of the molecule is CC#N.O=c1[nH]ccc2c1c(Nc1ccc(S(=O)(=O)N3CCCC3C(F)(F)F)cc1)nn2CC1CC1. The van der Waals surface area contributed by atoms with E-state index < -0.39 is 22.2 Å². The Hall–Kier alpha value is -3.37. The van der Waals surface area contributed by atoms with Crippen molar-refractivity contribution in [1.82, 2.24) is 19.1 Å². The molecule has 36 heavy (non-hydrogen) atoms. The van der Waals surface area contributed by atoms with Crippen LogP contribution >= 0.6 is 0 Å². The first-order valence-corrected chi connectivity index (χ1v) is 12.8. The average Bonchev–Trinajstić information content (AvgIpc) is 3.34. The molecule has 2 fully saturated rings. The summed E-state index contributed by atoms with van der Waals surface area (Å²) in [5, 5.41) is 15.3. The molecule has 0 radical (unpaired) electrons. The fourth-order valence-corrected chi connectivity index (χ4v) is 5.93. The van der Waals surface area contributed by atoms with Crippen LogP contribution in [0.4, 0.5) is 24.7 Å². The molecular formula is C23H25F3N6O3S. The standard InChI is InChI=1S/C21H22F3N5O3S.C2H3N/c22-21(23,24)17-2-1-11-29(17)33(31,32)15-7-5-14(6-8-15)26-19-18-16(9-10-25-20(18)30)28(27-19)12-13-3-4-13;1-2-3/h5-10,13,17H,1-4,11-12H2,(H,25,30)(H,26,27);1H3. The molecule has 13 heteroatoms. The number of aromatic nitrogens is 3. The Bertz CT molecular complexity index is 1440. The molecule has 1 saturated carbocycles. The van der Waals surface area contributed by atoms with Crippen molar-refractivity contribution in [2.75, 3.05) is 11.9 Å². The van der Waals surface area contributed by atoms with E-state index in [1.165, 1.54) is 31.2 Å². The summed E-state index contributed by atoms with van der Waals surface area (Å²) in [7, 11) is -4.29. The summed E-state index contributed by atoms with van der Waals surface area (Å²) in [5.74, 6) is 0.871. The summed E-state index contributed by atoms with van der Waals surface area (Å²) < 4.78 is 67.8. The number of H-pyrrole nitrogens is 1. The second-order valence-electron chi connectivity index (χ2n) is 8.73. The molecule has 1 atom stereocenters. The van der Waals surface area contributed by atoms with E-state index in [0.29, 0.717) is 39.2 Å². The molecule has 1 aliphatic heterocycles. The Kier molecular flexibility index (Phi) is 7.10. The van der Waals surface area contributed by atoms with Gasteiger partial charge in [-0.25, -0.2) is 8.42 Å². The highest BCUT2D eigenvalue weighted by Crippen LogP contribution is 2.37. The van der Waals surface area contributed by atoms with Gasteiger partial charge in [-0.05, 0) is 61.9 Å². The monoisotopic (exact) mass is 522 g/mol. The largest absolute Gasteiger partial charge is 0.405 e. The van der Waals surface area contributed by atoms with Gasteiger partial charge in [0, 0.05) is 31.9 Å². The van der Waals surface area contributed by atoms with Gasteiger partial charge in [0.15, 0.2) is 5.82 Å². The third-order valence-corrected chi connectivity index (χ3v) is 8.03. The zero-order chi connectivity index (χ0) is 26.1. The molecule has 2 aliphatic rings. The van der Waals surface area contributed by atoms with E-state index in [2.05, 4.69) is 15.4 Å². The van der Waals surface area contributed by atoms with Gasteiger partial charge in [0.1, 0.15) is 11.4 Å². The van der Waals surface area contributed by atoms with Crippen LogP contribution in [0.3, 0.4) is 0 Å². The number of sulfonamides is 1. The Morgan fingerprint density at radius 1 is 1.19 bits per heavy atom. The first-order chi connectivity index (χ1) is 17.1. The molecule has 3 heterocycles. The van der Waals surface area contributed by atoms with E-state index in [9.17, 15) is 26.4 Å². The molecule has 0 bridgehead atoms. The van der Waals surface area contributed by atoms with E-state index in [0.717, 1.165) is 12.8 Å². The maximum absolute atomic E-state index is 13.3. The average molecular weight is 523 g/mol. The van der Waals surface area contributed by atoms with Crippen molar-refractivity contribution in [1.29, 1.82) is 5.26 Å². The number of benzene rings is 1. The van der Waals surface area contributed by atoms with Gasteiger partial charge in [-0.3, -0.25) is 9.48 Å². The summed E-state index contributed by atoms with van der Waals surface area (Å²) in [5.41, 5.74) is 0.854. The Labute approximate surface area is 205 Å². The molecule has 1 aliphatic carbocycles. The van der Waals surface area contributed by atoms with Crippen molar-refractivity contribution in [2.45, 2.75) is 56.3 Å². The van der Waals surface area contributed by atoms with Crippen LogP contribution < -0.4 is 10.9 Å². The zero-order valence-corrected chi connectivity index (χ0v) is 20.2. The van der Waals surface area contributed by atoms with Crippen LogP contribution in [0.2, 0.25) is 0 Å². The van der Waals surface area contributed by atoms with Crippen molar-refractivity contribution >= 4 is 32.4 Å². The molecule has 3 aromatic rings. The molecule has 2 N–H and O–H groups in total. The molecular weight excluding hydrogens is 497 g/mol. The van der Waals surface area contributed by atoms with Gasteiger partial charge >= 0.3 is 6.18 Å². The van der Waals surface area contributed by atoms with E-state index in [4.69, 9.17) is 5.26 Å². The number of hydrogen-bond donors (Lipinski definition) is 2. The van der Waals surface area contributed by atoms with Crippen molar-refractivity contribution in [2.24, 2.45) is 5.92 Å². The van der Waals surface area contributed by atoms with E-state index in [1.807, 2.05) is 0 Å². The minimum absolute atomic E-state index is 0.161. The highest BCUT2D eigenvalue weighted by Gasteiger charge is 2.50. The molecule has 5 rings (SSSR count). The third kappa shape index (κ3) is 5.24. The minimum Gasteiger partial charge on any atom is -0.338 e. The van der Waals surface area contributed by atoms with Crippen molar-refractivity contribution in [3.63, 3.8) is 0 Å². The number of nitrogens with one attached hydrogen (secondary N) is 2. The van der Waals surface area contributed by atoms with Gasteiger partial charge in [-0.15, -0.1) is 0 Å². The normalized spacial score (nSPS) is 18.5. The van der Waals surface area contributed by atoms with Gasteiger partial charge in [-0.2, -0.15) is 27.8 Å². The molecule has 1 saturated heterocycles. The van der Waals surface area contributed by atoms with Crippen LogP contribution in [-0.4, -0.2) is 46.3 Å². The fourth-order valence-electron chi connectivity index (χ4n) is 4.25. The maximum atomic E-state index is 13.3. The zero-order valence-electron chi connectivity index (χ0n) is 19.4. The lowest BCUT2D eigenvalue weighted by Gasteiger charge is -2.25. The molecule has 2 aromatic heterocycles. The van der Waals surface area contributed by atoms with E-state index >= 15 is 0 Å². The smallest absolute Gasteiger partial charge is 0.338 e. The number of fused-ring (bicyclic) bond motifs is 1. The number of hydrogen-bond acceptors (Lipinski definition) is 6. The maximum Gasteiger partial charge on any atom is 0.405 e. The highest BCUT2D eigenvalue weighted by atomic mass is 32.2. The lowest BCUT2D eigenvalue weighted by atomic mass is 10.2. The van der Waals surface area contributed by atoms with E-state index in [-0.39, 0.29) is 29.8 Å². The number of nitriles is 1. The molecule has 9 nitrogen and oxygen atoms in total. The van der Waals surface area contributed by atoms with Crippen molar-refractivity contribution in [3.8, 4) is 6.07 Å². The summed E-state index contributed by atoms with van der Waals surface area (Å²) in [4.78, 5) is 14.8. The Morgan fingerprint density at radius 2 is 1.86 bits per heavy atom. The molecule has 0 amide bonds. The second-order valence-corrected chi connectivity index (χ2v) is 10.6. The number of alkyl halides is 3. The fraction of sp³-hybridized carbons (Fsp3) is 0.435. The summed E-state index contributed by atoms with van der Waals surface area (Å²) in [6, 6.07) is 6.95. The topological polar surface area (TPSA) is 124 Å². The minimum atomic E-state index is -4.61. The van der Waals surface area contributed by atoms with Crippen LogP contribution in [0.1, 0.15) is 32.6 Å². The quantitative estimate of drug-likeness (QED) is 0.502. The van der Waals surface area contributed by atoms with Crippen LogP contribution in [0.5, 0.6) is 0 Å². The lowest BCUT2D eigenvalue weighted by Crippen LogP contribution is -2.44. The summed E-state index contributed by atoms with van der Waals surface area (Å²) in [6.45, 7) is 1.97. The van der Waals surface area contributed by atoms with Gasteiger partial charge in [-0.1, -0.05) is 0 Å². The summed E-state index contributed by atoms with van der Waals surface area (Å²) >= 11 is 0. The van der Waals surface area contributed by atoms with Gasteiger partial charge in [0.25, 0.3) is 5.56 Å². The molecule has 1 unspecified atom stereocenters. The second kappa shape index (κ2) is 9.94. The molecule has 0 spiro atoms. The molecule has 1 aromatic carbocycles. The number of pyridine rings is 1. The number of anilines is 2. The number of rotatable bonds is 6. The third-order valence-electron chi connectivity index (χ3n) is 6.11. The van der Waals surface area contributed by atoms with Gasteiger partial charge in [0.05, 0.1) is 16.5 Å². The lowest BCUT2D eigenvalue weighted by molar-refractivity contribution is -0.165. The number of aromatic amines is 1. The first-order valence-electron chi connectivity index (χ1n) is 11.4. The van der Waals surface area contributed by atoms with Crippen LogP contribution in [0.25, 0.3) is 10.9 Å². The summed E-state index contributed by atoms with van der Waals surface area (Å²) in [6.07, 6.45) is -0.892. The predicted octanol–water partition coefficient (Wildman–Crippen LogP) is 4.12. The highest BCUT2D eigenvalue weighted by molar-refractivity contribution is 7.89. The predicted molar refractivity (Wildman–Crippen MR) is 127 cm³/mol. The number of nitrogens with zero attached hydrogens (tertiary/aromatic N) is 4. The van der Waals surface area contributed by atoms with Crippen LogP contribution in [-0.2, 0) is 16.6 Å².